The summed E-state index contributed by atoms with van der Waals surface area (Å²) >= 11 is 0. The van der Waals surface area contributed by atoms with Crippen molar-refractivity contribution in [1.29, 1.82) is 0 Å². The van der Waals surface area contributed by atoms with Crippen LogP contribution in [0, 0.1) is 0 Å². The fraction of sp³-hybridized carbons (Fsp3) is 0.0208. The van der Waals surface area contributed by atoms with Crippen LogP contribution in [0.4, 0.5) is 0 Å². The molecule has 0 saturated carbocycles. The largest absolute Gasteiger partial charge is 0.404 e. The van der Waals surface area contributed by atoms with Crippen LogP contribution in [0.1, 0.15) is 11.4 Å². The van der Waals surface area contributed by atoms with Crippen molar-refractivity contribution in [1.82, 2.24) is 24.9 Å². The van der Waals surface area contributed by atoms with E-state index in [2.05, 4.69) is 99.9 Å². The Balaban J connectivity index is 0.986. The number of hydrogen-bond donors (Lipinski definition) is 1. The zero-order chi connectivity index (χ0) is 36.3. The van der Waals surface area contributed by atoms with E-state index in [1.54, 1.807) is 18.6 Å². The maximum absolute atomic E-state index is 5.87. The van der Waals surface area contributed by atoms with E-state index in [0.29, 0.717) is 6.42 Å². The third-order valence-electron chi connectivity index (χ3n) is 9.84. The number of aromatic nitrogens is 5. The summed E-state index contributed by atoms with van der Waals surface area (Å²) in [6.45, 7) is 0. The smallest absolute Gasteiger partial charge is 0.0886 e. The van der Waals surface area contributed by atoms with E-state index in [1.165, 1.54) is 32.3 Å². The second-order valence-electron chi connectivity index (χ2n) is 13.1. The minimum Gasteiger partial charge on any atom is -0.404 e. The summed E-state index contributed by atoms with van der Waals surface area (Å²) in [5.74, 6) is 0. The molecule has 5 aromatic heterocycles. The molecule has 6 heteroatoms. The van der Waals surface area contributed by atoms with Crippen LogP contribution in [0.2, 0.25) is 0 Å². The van der Waals surface area contributed by atoms with E-state index in [4.69, 9.17) is 15.7 Å². The van der Waals surface area contributed by atoms with Gasteiger partial charge in [-0.15, -0.1) is 0 Å². The molecule has 0 unspecified atom stereocenters. The van der Waals surface area contributed by atoms with Crippen LogP contribution in [0.25, 0.3) is 82.8 Å². The quantitative estimate of drug-likeness (QED) is 0.126. The summed E-state index contributed by atoms with van der Waals surface area (Å²) in [4.78, 5) is 23.1. The summed E-state index contributed by atoms with van der Waals surface area (Å²) in [5.41, 5.74) is 16.5. The molecule has 0 radical (unpaired) electrons. The molecule has 6 nitrogen and oxygen atoms in total. The van der Waals surface area contributed by atoms with E-state index >= 15 is 0 Å². The predicted molar refractivity (Wildman–Crippen MR) is 221 cm³/mol. The molecule has 2 N–H and O–H groups in total. The molecule has 0 atom stereocenters. The molecule has 5 heterocycles. The van der Waals surface area contributed by atoms with Crippen LogP contribution < -0.4 is 5.73 Å². The number of pyridine rings is 5. The molecule has 0 aliphatic carbocycles. The van der Waals surface area contributed by atoms with Crippen molar-refractivity contribution in [3.63, 3.8) is 0 Å². The molecule has 0 fully saturated rings. The third kappa shape index (κ3) is 6.37. The summed E-state index contributed by atoms with van der Waals surface area (Å²) < 4.78 is 0. The highest BCUT2D eigenvalue weighted by atomic mass is 14.8. The SMILES string of the molecule is N/C=C(\C=C/Cc1ccc(-c2ccc3c4ccc(-c5ccc(-c6ccc(-c7ccccn7)cn6)nc5)cc4c4ccccc4c3c2)cn1)c1ccccn1. The fourth-order valence-electron chi connectivity index (χ4n) is 7.04. The first-order chi connectivity index (χ1) is 26.7. The van der Waals surface area contributed by atoms with Crippen LogP contribution in [-0.4, -0.2) is 24.9 Å². The Kier molecular flexibility index (Phi) is 8.67. The van der Waals surface area contributed by atoms with E-state index in [-0.39, 0.29) is 0 Å². The highest BCUT2D eigenvalue weighted by Crippen LogP contribution is 2.39. The van der Waals surface area contributed by atoms with Gasteiger partial charge < -0.3 is 5.73 Å². The van der Waals surface area contributed by atoms with Crippen molar-refractivity contribution in [2.45, 2.75) is 6.42 Å². The Morgan fingerprint density at radius 1 is 0.444 bits per heavy atom. The second kappa shape index (κ2) is 14.4. The first-order valence-electron chi connectivity index (χ1n) is 17.9. The van der Waals surface area contributed by atoms with Crippen LogP contribution in [0.3, 0.4) is 0 Å². The minimum atomic E-state index is 0.694. The molecule has 9 aromatic rings. The molecule has 4 aromatic carbocycles. The molecule has 54 heavy (non-hydrogen) atoms. The molecular formula is C48H34N6. The lowest BCUT2D eigenvalue weighted by Crippen LogP contribution is -1.91. The van der Waals surface area contributed by atoms with E-state index in [1.807, 2.05) is 79.3 Å². The minimum absolute atomic E-state index is 0.694. The molecule has 9 rings (SSSR count). The van der Waals surface area contributed by atoms with Gasteiger partial charge >= 0.3 is 0 Å². The Bertz CT molecular complexity index is 2790. The second-order valence-corrected chi connectivity index (χ2v) is 13.1. The van der Waals surface area contributed by atoms with Crippen LogP contribution in [-0.2, 0) is 6.42 Å². The summed E-state index contributed by atoms with van der Waals surface area (Å²) in [6, 6.07) is 46.3. The van der Waals surface area contributed by atoms with Crippen molar-refractivity contribution in [3.8, 4) is 44.9 Å². The Morgan fingerprint density at radius 2 is 1.00 bits per heavy atom. The first kappa shape index (κ1) is 32.6. The molecule has 0 aliphatic heterocycles. The van der Waals surface area contributed by atoms with Gasteiger partial charge in [0.05, 0.1) is 22.8 Å². The lowest BCUT2D eigenvalue weighted by Gasteiger charge is -2.13. The number of allylic oxidation sites excluding steroid dienone is 3. The zero-order valence-corrected chi connectivity index (χ0v) is 29.3. The van der Waals surface area contributed by atoms with Crippen LogP contribution in [0.15, 0.2) is 183 Å². The van der Waals surface area contributed by atoms with Gasteiger partial charge in [0, 0.05) is 71.6 Å². The highest BCUT2D eigenvalue weighted by Gasteiger charge is 2.12. The lowest BCUT2D eigenvalue weighted by molar-refractivity contribution is 1.11. The molecular weight excluding hydrogens is 661 g/mol. The van der Waals surface area contributed by atoms with E-state index in [9.17, 15) is 0 Å². The van der Waals surface area contributed by atoms with Crippen LogP contribution in [0.5, 0.6) is 0 Å². The van der Waals surface area contributed by atoms with Crippen molar-refractivity contribution in [3.05, 3.63) is 194 Å². The normalized spacial score (nSPS) is 11.9. The molecule has 0 aliphatic rings. The van der Waals surface area contributed by atoms with Gasteiger partial charge in [-0.1, -0.05) is 84.9 Å². The van der Waals surface area contributed by atoms with Gasteiger partial charge in [-0.05, 0) is 104 Å². The van der Waals surface area contributed by atoms with Crippen molar-refractivity contribution < 1.29 is 0 Å². The van der Waals surface area contributed by atoms with Gasteiger partial charge in [0.15, 0.2) is 0 Å². The van der Waals surface area contributed by atoms with E-state index < -0.39 is 0 Å². The highest BCUT2D eigenvalue weighted by molar-refractivity contribution is 6.26. The number of hydrogen-bond acceptors (Lipinski definition) is 6. The van der Waals surface area contributed by atoms with Gasteiger partial charge in [0.1, 0.15) is 0 Å². The van der Waals surface area contributed by atoms with Crippen molar-refractivity contribution in [2.75, 3.05) is 0 Å². The van der Waals surface area contributed by atoms with Crippen molar-refractivity contribution >= 4 is 37.9 Å². The number of nitrogens with two attached hydrogens (primary N) is 1. The Morgan fingerprint density at radius 3 is 1.54 bits per heavy atom. The summed E-state index contributed by atoms with van der Waals surface area (Å²) in [5, 5.41) is 7.32. The topological polar surface area (TPSA) is 90.5 Å². The first-order valence-corrected chi connectivity index (χ1v) is 17.9. The maximum Gasteiger partial charge on any atom is 0.0886 e. The number of nitrogens with zero attached hydrogens (tertiary/aromatic N) is 5. The monoisotopic (exact) mass is 694 g/mol. The third-order valence-corrected chi connectivity index (χ3v) is 9.84. The number of benzene rings is 4. The Hall–Kier alpha value is -7.31. The molecule has 0 bridgehead atoms. The molecule has 256 valence electrons. The standard InChI is InChI=1S/C48H34N6/c49-28-34(45-12-3-5-24-50-45)8-7-9-38-19-14-35(29-52-38)32-15-20-41-42-21-16-33(27-44(42)40-11-2-1-10-39(40)43(41)26-32)36-17-22-47(53-30-36)48-23-18-37(31-54-48)46-13-4-6-25-51-46/h1-8,10-31H,9,49H2/b8-7-,34-28+. The maximum atomic E-state index is 5.87. The Labute approximate surface area is 313 Å². The van der Waals surface area contributed by atoms with Gasteiger partial charge in [-0.2, -0.15) is 0 Å². The average Bonchev–Trinajstić information content (AvgIpc) is 3.26. The molecule has 0 spiro atoms. The number of rotatable bonds is 8. The van der Waals surface area contributed by atoms with Gasteiger partial charge in [-0.25, -0.2) is 0 Å². The van der Waals surface area contributed by atoms with E-state index in [0.717, 1.165) is 61.9 Å². The van der Waals surface area contributed by atoms with Gasteiger partial charge in [0.2, 0.25) is 0 Å². The zero-order valence-electron chi connectivity index (χ0n) is 29.3. The summed E-state index contributed by atoms with van der Waals surface area (Å²) in [6.07, 6.45) is 15.7. The van der Waals surface area contributed by atoms with Crippen LogP contribution >= 0.6 is 0 Å². The average molecular weight is 695 g/mol. The number of fused-ring (bicyclic) bond motifs is 6. The lowest BCUT2D eigenvalue weighted by atomic mass is 9.90. The molecule has 0 saturated heterocycles. The van der Waals surface area contributed by atoms with Gasteiger partial charge in [-0.3, -0.25) is 24.9 Å². The fourth-order valence-corrected chi connectivity index (χ4v) is 7.04. The predicted octanol–water partition coefficient (Wildman–Crippen LogP) is 10.9. The van der Waals surface area contributed by atoms with Gasteiger partial charge in [0.25, 0.3) is 0 Å². The summed E-state index contributed by atoms with van der Waals surface area (Å²) in [7, 11) is 0. The molecule has 0 amide bonds. The van der Waals surface area contributed by atoms with Crippen molar-refractivity contribution in [2.24, 2.45) is 5.73 Å².